The summed E-state index contributed by atoms with van der Waals surface area (Å²) in [7, 11) is 0. The molecule has 0 aromatic heterocycles. The van der Waals surface area contributed by atoms with E-state index in [2.05, 4.69) is 0 Å². The topological polar surface area (TPSA) is 26.3 Å². The first kappa shape index (κ1) is 12.3. The van der Waals surface area contributed by atoms with E-state index in [0.29, 0.717) is 0 Å². The molecule has 0 saturated carbocycles. The Kier molecular flexibility index (Phi) is 4.00. The lowest BCUT2D eigenvalue weighted by Crippen LogP contribution is -2.34. The van der Waals surface area contributed by atoms with Crippen LogP contribution in [0.1, 0.15) is 19.4 Å². The van der Waals surface area contributed by atoms with Crippen molar-refractivity contribution in [1.82, 2.24) is 0 Å². The highest BCUT2D eigenvalue weighted by Gasteiger charge is 2.37. The van der Waals surface area contributed by atoms with Crippen molar-refractivity contribution in [3.63, 3.8) is 0 Å². The summed E-state index contributed by atoms with van der Waals surface area (Å²) >= 11 is 11.7. The van der Waals surface area contributed by atoms with Crippen LogP contribution in [0.3, 0.4) is 0 Å². The van der Waals surface area contributed by atoms with E-state index in [0.717, 1.165) is 5.56 Å². The van der Waals surface area contributed by atoms with Gasteiger partial charge in [-0.25, -0.2) is 0 Å². The molecule has 0 bridgehead atoms. The van der Waals surface area contributed by atoms with Crippen molar-refractivity contribution in [3.05, 3.63) is 35.9 Å². The molecule has 0 aliphatic carbocycles. The van der Waals surface area contributed by atoms with E-state index in [1.54, 1.807) is 6.92 Å². The maximum atomic E-state index is 11.0. The van der Waals surface area contributed by atoms with Crippen LogP contribution in [0.5, 0.6) is 0 Å². The first-order valence-electron chi connectivity index (χ1n) is 4.50. The second kappa shape index (κ2) is 4.86. The molecule has 1 aromatic carbocycles. The van der Waals surface area contributed by atoms with Crippen LogP contribution in [0.4, 0.5) is 0 Å². The molecule has 0 fully saturated rings. The van der Waals surface area contributed by atoms with E-state index >= 15 is 0 Å². The number of esters is 1. The number of carbonyl (C=O) groups is 1. The minimum Gasteiger partial charge on any atom is -0.452 e. The van der Waals surface area contributed by atoms with Crippen LogP contribution in [0.25, 0.3) is 0 Å². The summed E-state index contributed by atoms with van der Waals surface area (Å²) in [5, 5.41) is 0. The number of carbonyl (C=O) groups excluding carboxylic acids is 1. The van der Waals surface area contributed by atoms with Crippen molar-refractivity contribution < 1.29 is 9.53 Å². The summed E-state index contributed by atoms with van der Waals surface area (Å²) in [5.74, 6) is -0.410. The van der Waals surface area contributed by atoms with Gasteiger partial charge in [0.05, 0.1) is 0 Å². The van der Waals surface area contributed by atoms with Gasteiger partial charge in [-0.05, 0) is 12.5 Å². The third kappa shape index (κ3) is 2.86. The Labute approximate surface area is 99.1 Å². The van der Waals surface area contributed by atoms with Crippen molar-refractivity contribution in [1.29, 1.82) is 0 Å². The number of alkyl halides is 2. The van der Waals surface area contributed by atoms with E-state index in [1.165, 1.54) is 6.92 Å². The molecule has 82 valence electrons. The van der Waals surface area contributed by atoms with Gasteiger partial charge in [-0.3, -0.25) is 4.79 Å². The third-order valence-electron chi connectivity index (χ3n) is 2.12. The Morgan fingerprint density at radius 1 is 1.33 bits per heavy atom. The van der Waals surface area contributed by atoms with Crippen LogP contribution in [0, 0.1) is 0 Å². The lowest BCUT2D eigenvalue weighted by Gasteiger charge is -2.30. The molecule has 0 N–H and O–H groups in total. The number of hydrogen-bond donors (Lipinski definition) is 0. The van der Waals surface area contributed by atoms with Gasteiger partial charge in [-0.1, -0.05) is 30.3 Å². The van der Waals surface area contributed by atoms with Gasteiger partial charge < -0.3 is 4.74 Å². The normalized spacial score (nSPS) is 14.7. The molecule has 0 radical (unpaired) electrons. The fourth-order valence-electron chi connectivity index (χ4n) is 1.30. The monoisotopic (exact) mass is 246 g/mol. The second-order valence-electron chi connectivity index (χ2n) is 3.37. The minimum absolute atomic E-state index is 0.410. The summed E-state index contributed by atoms with van der Waals surface area (Å²) in [5.41, 5.74) is -0.230. The molecule has 0 unspecified atom stereocenters. The SMILES string of the molecule is CC(=O)O[C@@](C)(c1ccccc1)C(Cl)Cl. The van der Waals surface area contributed by atoms with Crippen LogP contribution in [-0.4, -0.2) is 10.8 Å². The van der Waals surface area contributed by atoms with Gasteiger partial charge >= 0.3 is 5.97 Å². The zero-order valence-electron chi connectivity index (χ0n) is 8.54. The molecule has 0 aliphatic heterocycles. The fraction of sp³-hybridized carbons (Fsp3) is 0.364. The molecule has 1 rings (SSSR count). The predicted octanol–water partition coefficient (Wildman–Crippen LogP) is 3.27. The average molecular weight is 247 g/mol. The molecule has 0 heterocycles. The number of rotatable bonds is 3. The van der Waals surface area contributed by atoms with Gasteiger partial charge in [0.25, 0.3) is 0 Å². The average Bonchev–Trinajstić information content (AvgIpc) is 2.17. The Balaban J connectivity index is 3.07. The van der Waals surface area contributed by atoms with Crippen molar-refractivity contribution in [2.24, 2.45) is 0 Å². The van der Waals surface area contributed by atoms with Crippen molar-refractivity contribution in [2.45, 2.75) is 24.3 Å². The molecule has 0 aliphatic rings. The summed E-state index contributed by atoms with van der Waals surface area (Å²) in [6.45, 7) is 3.02. The largest absolute Gasteiger partial charge is 0.452 e. The lowest BCUT2D eigenvalue weighted by atomic mass is 9.98. The number of benzene rings is 1. The third-order valence-corrected chi connectivity index (χ3v) is 2.95. The number of hydrogen-bond acceptors (Lipinski definition) is 2. The summed E-state index contributed by atoms with van der Waals surface area (Å²) in [4.78, 5) is 10.2. The highest BCUT2D eigenvalue weighted by Crippen LogP contribution is 2.34. The Hall–Kier alpha value is -0.730. The van der Waals surface area contributed by atoms with Gasteiger partial charge in [0.2, 0.25) is 0 Å². The summed E-state index contributed by atoms with van der Waals surface area (Å²) in [6, 6.07) is 9.19. The van der Waals surface area contributed by atoms with E-state index < -0.39 is 16.4 Å². The van der Waals surface area contributed by atoms with Crippen molar-refractivity contribution in [3.8, 4) is 0 Å². The molecular formula is C11H12Cl2O2. The molecule has 15 heavy (non-hydrogen) atoms. The highest BCUT2D eigenvalue weighted by atomic mass is 35.5. The standard InChI is InChI=1S/C11H12Cl2O2/c1-8(14)15-11(2,10(12)13)9-6-4-3-5-7-9/h3-7,10H,1-2H3/t11-/m0/s1. The first-order valence-corrected chi connectivity index (χ1v) is 5.37. The molecule has 4 heteroatoms. The second-order valence-corrected chi connectivity index (χ2v) is 4.46. The quantitative estimate of drug-likeness (QED) is 0.605. The predicted molar refractivity (Wildman–Crippen MR) is 61.1 cm³/mol. The molecule has 0 saturated heterocycles. The smallest absolute Gasteiger partial charge is 0.303 e. The van der Waals surface area contributed by atoms with Crippen molar-refractivity contribution >= 4 is 29.2 Å². The molecule has 0 spiro atoms. The number of halogens is 2. The maximum Gasteiger partial charge on any atom is 0.303 e. The van der Waals surface area contributed by atoms with Crippen LogP contribution in [0.15, 0.2) is 30.3 Å². The van der Waals surface area contributed by atoms with Crippen LogP contribution in [0.2, 0.25) is 0 Å². The van der Waals surface area contributed by atoms with E-state index in [9.17, 15) is 4.79 Å². The first-order chi connectivity index (χ1) is 6.97. The lowest BCUT2D eigenvalue weighted by molar-refractivity contribution is -0.155. The Morgan fingerprint density at radius 3 is 2.27 bits per heavy atom. The zero-order valence-corrected chi connectivity index (χ0v) is 10.0. The van der Waals surface area contributed by atoms with Crippen LogP contribution < -0.4 is 0 Å². The minimum atomic E-state index is -1.00. The molecule has 1 aromatic rings. The molecule has 2 nitrogen and oxygen atoms in total. The van der Waals surface area contributed by atoms with Crippen molar-refractivity contribution in [2.75, 3.05) is 0 Å². The van der Waals surface area contributed by atoms with E-state index in [-0.39, 0.29) is 0 Å². The fourth-order valence-corrected chi connectivity index (χ4v) is 1.64. The van der Waals surface area contributed by atoms with Gasteiger partial charge in [0.15, 0.2) is 10.4 Å². The zero-order chi connectivity index (χ0) is 11.5. The summed E-state index contributed by atoms with van der Waals surface area (Å²) < 4.78 is 5.18. The van der Waals surface area contributed by atoms with Gasteiger partial charge in [-0.2, -0.15) is 0 Å². The number of ether oxygens (including phenoxy) is 1. The molecule has 1 atom stereocenters. The highest BCUT2D eigenvalue weighted by molar-refractivity contribution is 6.45. The van der Waals surface area contributed by atoms with E-state index in [1.807, 2.05) is 30.3 Å². The maximum absolute atomic E-state index is 11.0. The molecular weight excluding hydrogens is 235 g/mol. The Bertz CT molecular complexity index is 338. The Morgan fingerprint density at radius 2 is 1.87 bits per heavy atom. The summed E-state index contributed by atoms with van der Waals surface area (Å²) in [6.07, 6.45) is 0. The van der Waals surface area contributed by atoms with Gasteiger partial charge in [-0.15, -0.1) is 23.2 Å². The van der Waals surface area contributed by atoms with Crippen LogP contribution in [-0.2, 0) is 15.1 Å². The van der Waals surface area contributed by atoms with E-state index in [4.69, 9.17) is 27.9 Å². The van der Waals surface area contributed by atoms with Gasteiger partial charge in [0, 0.05) is 6.92 Å². The molecule has 0 amide bonds. The van der Waals surface area contributed by atoms with Gasteiger partial charge in [0.1, 0.15) is 0 Å². The van der Waals surface area contributed by atoms with Crippen LogP contribution >= 0.6 is 23.2 Å².